The van der Waals surface area contributed by atoms with Crippen molar-refractivity contribution in [3.8, 4) is 11.5 Å². The van der Waals surface area contributed by atoms with E-state index in [0.717, 1.165) is 19.5 Å². The average molecular weight is 326 g/mol. The molecule has 1 aliphatic rings. The minimum Gasteiger partial charge on any atom is -0.507 e. The van der Waals surface area contributed by atoms with Gasteiger partial charge in [0, 0.05) is 32.4 Å². The molecule has 3 rings (SSSR count). The molecule has 0 saturated carbocycles. The Morgan fingerprint density at radius 1 is 1.12 bits per heavy atom. The molecule has 1 fully saturated rings. The quantitative estimate of drug-likeness (QED) is 0.907. The van der Waals surface area contributed by atoms with Crippen molar-refractivity contribution in [1.29, 1.82) is 0 Å². The van der Waals surface area contributed by atoms with Crippen LogP contribution in [0.4, 0.5) is 5.69 Å². The Kier molecular flexibility index (Phi) is 4.60. The van der Waals surface area contributed by atoms with Crippen molar-refractivity contribution in [2.24, 2.45) is 5.92 Å². The normalized spacial score (nSPS) is 17.0. The summed E-state index contributed by atoms with van der Waals surface area (Å²) < 4.78 is 0. The molecule has 2 aromatic rings. The van der Waals surface area contributed by atoms with E-state index in [1.54, 1.807) is 11.9 Å². The first-order valence-corrected chi connectivity index (χ1v) is 8.12. The Hall–Kier alpha value is -2.69. The van der Waals surface area contributed by atoms with Crippen molar-refractivity contribution in [1.82, 2.24) is 4.90 Å². The van der Waals surface area contributed by atoms with Crippen LogP contribution in [-0.2, 0) is 0 Å². The zero-order valence-corrected chi connectivity index (χ0v) is 13.7. The van der Waals surface area contributed by atoms with Crippen LogP contribution in [0.25, 0.3) is 0 Å². The maximum Gasteiger partial charge on any atom is 0.261 e. The maximum absolute atomic E-state index is 12.5. The Morgan fingerprint density at radius 3 is 2.46 bits per heavy atom. The lowest BCUT2D eigenvalue weighted by Gasteiger charge is -2.23. The highest BCUT2D eigenvalue weighted by Crippen LogP contribution is 2.29. The van der Waals surface area contributed by atoms with Gasteiger partial charge in [-0.1, -0.05) is 24.3 Å². The Labute approximate surface area is 141 Å². The largest absolute Gasteiger partial charge is 0.507 e. The van der Waals surface area contributed by atoms with Crippen molar-refractivity contribution >= 4 is 11.6 Å². The molecule has 1 aliphatic heterocycles. The lowest BCUT2D eigenvalue weighted by atomic mass is 10.1. The highest BCUT2D eigenvalue weighted by atomic mass is 16.3. The zero-order chi connectivity index (χ0) is 17.1. The predicted molar refractivity (Wildman–Crippen MR) is 93.5 cm³/mol. The van der Waals surface area contributed by atoms with Gasteiger partial charge in [-0.2, -0.15) is 0 Å². The second kappa shape index (κ2) is 6.83. The monoisotopic (exact) mass is 326 g/mol. The third kappa shape index (κ3) is 3.30. The molecule has 0 aliphatic carbocycles. The summed E-state index contributed by atoms with van der Waals surface area (Å²) in [6.07, 6.45) is 1.01. The number of aromatic hydroxyl groups is 2. The molecular weight excluding hydrogens is 304 g/mol. The molecule has 5 nitrogen and oxygen atoms in total. The minimum absolute atomic E-state index is 0.0297. The van der Waals surface area contributed by atoms with Crippen LogP contribution in [0.15, 0.2) is 48.5 Å². The van der Waals surface area contributed by atoms with Crippen LogP contribution < -0.4 is 4.90 Å². The maximum atomic E-state index is 12.5. The van der Waals surface area contributed by atoms with Crippen molar-refractivity contribution in [2.45, 2.75) is 6.42 Å². The van der Waals surface area contributed by atoms with E-state index in [1.807, 2.05) is 18.2 Å². The molecule has 0 radical (unpaired) electrons. The van der Waals surface area contributed by atoms with Gasteiger partial charge < -0.3 is 20.0 Å². The fourth-order valence-corrected chi connectivity index (χ4v) is 3.26. The van der Waals surface area contributed by atoms with Gasteiger partial charge in [-0.15, -0.1) is 0 Å². The third-order valence-electron chi connectivity index (χ3n) is 4.52. The number of phenols is 2. The van der Waals surface area contributed by atoms with Gasteiger partial charge in [0.05, 0.1) is 0 Å². The summed E-state index contributed by atoms with van der Waals surface area (Å²) in [4.78, 5) is 16.4. The molecule has 5 heteroatoms. The van der Waals surface area contributed by atoms with Gasteiger partial charge in [0.1, 0.15) is 17.1 Å². The SMILES string of the molecule is CN(C[C@H]1CCN(c2ccccc2)C1)C(=O)c1c(O)cccc1O. The van der Waals surface area contributed by atoms with E-state index in [2.05, 4.69) is 17.0 Å². The number of hydrogen-bond donors (Lipinski definition) is 2. The van der Waals surface area contributed by atoms with Crippen LogP contribution in [0, 0.1) is 5.92 Å². The summed E-state index contributed by atoms with van der Waals surface area (Å²) in [6.45, 7) is 2.46. The zero-order valence-electron chi connectivity index (χ0n) is 13.7. The van der Waals surface area contributed by atoms with Gasteiger partial charge in [0.2, 0.25) is 0 Å². The van der Waals surface area contributed by atoms with Crippen LogP contribution in [-0.4, -0.2) is 47.7 Å². The number of nitrogens with zero attached hydrogens (tertiary/aromatic N) is 2. The van der Waals surface area contributed by atoms with Gasteiger partial charge in [0.15, 0.2) is 0 Å². The third-order valence-corrected chi connectivity index (χ3v) is 4.52. The fraction of sp³-hybridized carbons (Fsp3) is 0.316. The van der Waals surface area contributed by atoms with E-state index in [-0.39, 0.29) is 23.0 Å². The number of phenolic OH excluding ortho intramolecular Hbond substituents is 2. The summed E-state index contributed by atoms with van der Waals surface area (Å²) in [5.74, 6) is -0.371. The average Bonchev–Trinajstić information content (AvgIpc) is 3.04. The molecule has 0 aromatic heterocycles. The molecule has 2 N–H and O–H groups in total. The molecular formula is C19H22N2O3. The first kappa shape index (κ1) is 16.2. The summed E-state index contributed by atoms with van der Waals surface area (Å²) >= 11 is 0. The minimum atomic E-state index is -0.358. The molecule has 0 unspecified atom stereocenters. The number of benzene rings is 2. The van der Waals surface area contributed by atoms with Crippen molar-refractivity contribution in [2.75, 3.05) is 31.6 Å². The van der Waals surface area contributed by atoms with Gasteiger partial charge in [-0.25, -0.2) is 0 Å². The smallest absolute Gasteiger partial charge is 0.261 e. The van der Waals surface area contributed by atoms with E-state index in [1.165, 1.54) is 23.9 Å². The highest BCUT2D eigenvalue weighted by Gasteiger charge is 2.27. The molecule has 0 spiro atoms. The summed E-state index contributed by atoms with van der Waals surface area (Å²) in [6, 6.07) is 14.6. The van der Waals surface area contributed by atoms with Crippen molar-refractivity contribution in [3.05, 3.63) is 54.1 Å². The first-order valence-electron chi connectivity index (χ1n) is 8.12. The van der Waals surface area contributed by atoms with Gasteiger partial charge in [-0.05, 0) is 36.6 Å². The molecule has 1 atom stereocenters. The van der Waals surface area contributed by atoms with E-state index in [0.29, 0.717) is 12.5 Å². The van der Waals surface area contributed by atoms with Crippen molar-refractivity contribution in [3.63, 3.8) is 0 Å². The first-order chi connectivity index (χ1) is 11.6. The summed E-state index contributed by atoms with van der Waals surface area (Å²) in [7, 11) is 1.71. The van der Waals surface area contributed by atoms with Gasteiger partial charge in [-0.3, -0.25) is 4.79 Å². The fourth-order valence-electron chi connectivity index (χ4n) is 3.26. The number of hydrogen-bond acceptors (Lipinski definition) is 4. The Balaban J connectivity index is 1.63. The second-order valence-corrected chi connectivity index (χ2v) is 6.29. The predicted octanol–water partition coefficient (Wildman–Crippen LogP) is 2.70. The van der Waals surface area contributed by atoms with Gasteiger partial charge >= 0.3 is 0 Å². The summed E-state index contributed by atoms with van der Waals surface area (Å²) in [5.41, 5.74) is 1.17. The second-order valence-electron chi connectivity index (χ2n) is 6.29. The Bertz CT molecular complexity index is 698. The number of carbonyl (C=O) groups excluding carboxylic acids is 1. The molecule has 0 bridgehead atoms. The van der Waals surface area contributed by atoms with Crippen LogP contribution in [0.2, 0.25) is 0 Å². The number of carbonyl (C=O) groups is 1. The Morgan fingerprint density at radius 2 is 1.79 bits per heavy atom. The van der Waals surface area contributed by atoms with Crippen LogP contribution in [0.5, 0.6) is 11.5 Å². The molecule has 24 heavy (non-hydrogen) atoms. The number of para-hydroxylation sites is 1. The number of rotatable bonds is 4. The highest BCUT2D eigenvalue weighted by molar-refractivity contribution is 5.99. The number of amides is 1. The van der Waals surface area contributed by atoms with Crippen LogP contribution in [0.3, 0.4) is 0 Å². The number of anilines is 1. The standard InChI is InChI=1S/C19H22N2O3/c1-20(19(24)18-16(22)8-5-9-17(18)23)12-14-10-11-21(13-14)15-6-3-2-4-7-15/h2-9,14,22-23H,10-13H2,1H3/t14-/m1/s1. The van der Waals surface area contributed by atoms with E-state index < -0.39 is 0 Å². The lowest BCUT2D eigenvalue weighted by molar-refractivity contribution is 0.0770. The molecule has 1 heterocycles. The van der Waals surface area contributed by atoms with Crippen LogP contribution in [0.1, 0.15) is 16.8 Å². The molecule has 2 aromatic carbocycles. The molecule has 1 amide bonds. The van der Waals surface area contributed by atoms with Gasteiger partial charge in [0.25, 0.3) is 5.91 Å². The molecule has 126 valence electrons. The van der Waals surface area contributed by atoms with E-state index in [9.17, 15) is 15.0 Å². The lowest BCUT2D eigenvalue weighted by Crippen LogP contribution is -2.33. The summed E-state index contributed by atoms with van der Waals surface area (Å²) in [5, 5.41) is 19.7. The van der Waals surface area contributed by atoms with E-state index in [4.69, 9.17) is 0 Å². The van der Waals surface area contributed by atoms with E-state index >= 15 is 0 Å². The molecule has 1 saturated heterocycles. The topological polar surface area (TPSA) is 64.0 Å². The van der Waals surface area contributed by atoms with Crippen LogP contribution >= 0.6 is 0 Å². The van der Waals surface area contributed by atoms with Crippen molar-refractivity contribution < 1.29 is 15.0 Å².